The second kappa shape index (κ2) is 7.38. The fraction of sp³-hybridized carbons (Fsp3) is 0.316. The van der Waals surface area contributed by atoms with E-state index in [4.69, 9.17) is 10.8 Å². The number of alkyl halides is 1. The largest absolute Gasteiger partial charge is 0.459 e. The van der Waals surface area contributed by atoms with Gasteiger partial charge in [-0.15, -0.1) is 0 Å². The van der Waals surface area contributed by atoms with Crippen LogP contribution in [0.25, 0.3) is 0 Å². The topological polar surface area (TPSA) is 35.5 Å². The standard InChI is InChI=1S/C19H19FO3/c20-17-12-16(13-22-19(21)15-9-5-2-6-10-15)23-18(17)11-14-7-3-1-4-8-14/h1-10,16-18H,11-13H2/t16-,17-,18-/m0/s1/i12D/t12?,16-,17-,18-. The van der Waals surface area contributed by atoms with Crippen molar-refractivity contribution < 1.29 is 20.0 Å². The highest BCUT2D eigenvalue weighted by atomic mass is 19.1. The maximum Gasteiger partial charge on any atom is 0.338 e. The lowest BCUT2D eigenvalue weighted by Gasteiger charge is -2.14. The predicted molar refractivity (Wildman–Crippen MR) is 85.0 cm³/mol. The van der Waals surface area contributed by atoms with Crippen molar-refractivity contribution in [1.82, 2.24) is 0 Å². The molecule has 0 radical (unpaired) electrons. The molecule has 1 unspecified atom stereocenters. The summed E-state index contributed by atoms with van der Waals surface area (Å²) in [5.74, 6) is -0.492. The van der Waals surface area contributed by atoms with Gasteiger partial charge in [-0.3, -0.25) is 0 Å². The molecule has 3 nitrogen and oxygen atoms in total. The summed E-state index contributed by atoms with van der Waals surface area (Å²) in [6.45, 7) is -0.117. The molecule has 0 amide bonds. The Morgan fingerprint density at radius 3 is 2.52 bits per heavy atom. The first-order valence-electron chi connectivity index (χ1n) is 8.21. The fourth-order valence-corrected chi connectivity index (χ4v) is 2.59. The highest BCUT2D eigenvalue weighted by molar-refractivity contribution is 5.89. The van der Waals surface area contributed by atoms with Crippen LogP contribution in [0.15, 0.2) is 60.7 Å². The second-order valence-electron chi connectivity index (χ2n) is 5.50. The molecule has 2 aromatic carbocycles. The van der Waals surface area contributed by atoms with Crippen LogP contribution in [0.3, 0.4) is 0 Å². The molecule has 1 aliphatic heterocycles. The smallest absolute Gasteiger partial charge is 0.338 e. The van der Waals surface area contributed by atoms with E-state index in [1.165, 1.54) is 0 Å². The van der Waals surface area contributed by atoms with Gasteiger partial charge in [-0.05, 0) is 17.7 Å². The van der Waals surface area contributed by atoms with Gasteiger partial charge in [0.1, 0.15) is 12.8 Å². The van der Waals surface area contributed by atoms with E-state index in [-0.39, 0.29) is 6.61 Å². The lowest BCUT2D eigenvalue weighted by Crippen LogP contribution is -2.22. The Bertz CT molecular complexity index is 665. The van der Waals surface area contributed by atoms with E-state index in [0.717, 1.165) is 5.56 Å². The summed E-state index contributed by atoms with van der Waals surface area (Å²) in [7, 11) is 0. The first-order chi connectivity index (χ1) is 11.6. The van der Waals surface area contributed by atoms with Crippen LogP contribution in [0.2, 0.25) is 0 Å². The lowest BCUT2D eigenvalue weighted by molar-refractivity contribution is -0.0127. The van der Waals surface area contributed by atoms with E-state index in [2.05, 4.69) is 0 Å². The number of halogens is 1. The highest BCUT2D eigenvalue weighted by Gasteiger charge is 2.36. The molecule has 0 saturated carbocycles. The zero-order chi connectivity index (χ0) is 16.9. The summed E-state index contributed by atoms with van der Waals surface area (Å²) in [5.41, 5.74) is 1.38. The summed E-state index contributed by atoms with van der Waals surface area (Å²) < 4.78 is 33.1. The van der Waals surface area contributed by atoms with Gasteiger partial charge >= 0.3 is 5.97 Å². The Morgan fingerprint density at radius 1 is 1.17 bits per heavy atom. The molecule has 23 heavy (non-hydrogen) atoms. The lowest BCUT2D eigenvalue weighted by atomic mass is 10.0. The SMILES string of the molecule is [2H]C1[C@@H](COC(=O)c2ccccc2)O[C@@H](Cc2ccccc2)[C@H]1F. The van der Waals surface area contributed by atoms with Crippen LogP contribution in [0, 0.1) is 0 Å². The van der Waals surface area contributed by atoms with Gasteiger partial charge in [-0.25, -0.2) is 9.18 Å². The Labute approximate surface area is 136 Å². The molecule has 120 valence electrons. The van der Waals surface area contributed by atoms with Gasteiger partial charge in [-0.1, -0.05) is 48.5 Å². The predicted octanol–water partition coefficient (Wildman–Crippen LogP) is 3.58. The van der Waals surface area contributed by atoms with Crippen molar-refractivity contribution in [3.8, 4) is 0 Å². The number of carbonyl (C=O) groups is 1. The van der Waals surface area contributed by atoms with E-state index in [1.54, 1.807) is 30.3 Å². The number of rotatable bonds is 5. The fourth-order valence-electron chi connectivity index (χ4n) is 2.59. The van der Waals surface area contributed by atoms with Crippen molar-refractivity contribution >= 4 is 5.97 Å². The van der Waals surface area contributed by atoms with Gasteiger partial charge < -0.3 is 9.47 Å². The molecule has 3 rings (SSSR count). The third-order valence-corrected chi connectivity index (χ3v) is 3.77. The van der Waals surface area contributed by atoms with Crippen LogP contribution in [0.5, 0.6) is 0 Å². The Balaban J connectivity index is 1.56. The average molecular weight is 315 g/mol. The van der Waals surface area contributed by atoms with Gasteiger partial charge in [0.2, 0.25) is 0 Å². The number of hydrogen-bond donors (Lipinski definition) is 0. The van der Waals surface area contributed by atoms with Crippen LogP contribution < -0.4 is 0 Å². The molecule has 0 bridgehead atoms. The molecule has 2 aromatic rings. The summed E-state index contributed by atoms with van der Waals surface area (Å²) in [5, 5.41) is 0. The van der Waals surface area contributed by atoms with Crippen LogP contribution in [0.4, 0.5) is 4.39 Å². The molecule has 0 aromatic heterocycles. The van der Waals surface area contributed by atoms with Gasteiger partial charge in [0.25, 0.3) is 0 Å². The number of ether oxygens (including phenoxy) is 2. The Kier molecular flexibility index (Phi) is 4.62. The molecule has 1 fully saturated rings. The third kappa shape index (κ3) is 4.17. The molecule has 1 saturated heterocycles. The van der Waals surface area contributed by atoms with Crippen LogP contribution >= 0.6 is 0 Å². The second-order valence-corrected chi connectivity index (χ2v) is 5.50. The maximum atomic E-state index is 14.3. The third-order valence-electron chi connectivity index (χ3n) is 3.77. The van der Waals surface area contributed by atoms with Gasteiger partial charge in [0, 0.05) is 14.2 Å². The monoisotopic (exact) mass is 315 g/mol. The zero-order valence-corrected chi connectivity index (χ0v) is 12.6. The number of hydrogen-bond acceptors (Lipinski definition) is 3. The van der Waals surface area contributed by atoms with E-state index in [9.17, 15) is 9.18 Å². The van der Waals surface area contributed by atoms with Crippen molar-refractivity contribution in [3.63, 3.8) is 0 Å². The summed E-state index contributed by atoms with van der Waals surface area (Å²) in [6.07, 6.45) is -3.48. The molecule has 0 aliphatic carbocycles. The van der Waals surface area contributed by atoms with E-state index >= 15 is 0 Å². The van der Waals surface area contributed by atoms with Gasteiger partial charge in [0.05, 0.1) is 17.8 Å². The Morgan fingerprint density at radius 2 is 1.83 bits per heavy atom. The molecule has 4 atom stereocenters. The number of benzene rings is 2. The van der Waals surface area contributed by atoms with Gasteiger partial charge in [-0.2, -0.15) is 0 Å². The molecule has 0 spiro atoms. The van der Waals surface area contributed by atoms with Crippen LogP contribution in [-0.4, -0.2) is 31.0 Å². The quantitative estimate of drug-likeness (QED) is 0.791. The van der Waals surface area contributed by atoms with Crippen LogP contribution in [-0.2, 0) is 15.9 Å². The van der Waals surface area contributed by atoms with E-state index in [0.29, 0.717) is 12.0 Å². The summed E-state index contributed by atoms with van der Waals surface area (Å²) in [4.78, 5) is 11.9. The Hall–Kier alpha value is -2.20. The molecule has 0 N–H and O–H groups in total. The minimum Gasteiger partial charge on any atom is -0.459 e. The van der Waals surface area contributed by atoms with Crippen molar-refractivity contribution in [2.45, 2.75) is 31.2 Å². The van der Waals surface area contributed by atoms with Crippen molar-refractivity contribution in [3.05, 3.63) is 71.8 Å². The summed E-state index contributed by atoms with van der Waals surface area (Å²) >= 11 is 0. The van der Waals surface area contributed by atoms with Crippen molar-refractivity contribution in [2.75, 3.05) is 6.61 Å². The summed E-state index contributed by atoms with van der Waals surface area (Å²) in [6, 6.07) is 18.0. The molecule has 1 heterocycles. The van der Waals surface area contributed by atoms with E-state index < -0.39 is 30.7 Å². The number of carbonyl (C=O) groups excluding carboxylic acids is 1. The molecular formula is C19H19FO3. The van der Waals surface area contributed by atoms with Gasteiger partial charge in [0.15, 0.2) is 0 Å². The molecular weight excluding hydrogens is 295 g/mol. The normalized spacial score (nSPS) is 27.4. The average Bonchev–Trinajstić information content (AvgIpc) is 2.89. The maximum absolute atomic E-state index is 14.3. The van der Waals surface area contributed by atoms with Crippen molar-refractivity contribution in [2.24, 2.45) is 0 Å². The highest BCUT2D eigenvalue weighted by Crippen LogP contribution is 2.26. The minimum absolute atomic E-state index is 0.117. The van der Waals surface area contributed by atoms with Crippen LogP contribution in [0.1, 0.15) is 23.7 Å². The molecule has 4 heteroatoms. The first-order valence-corrected chi connectivity index (χ1v) is 7.63. The molecule has 1 aliphatic rings. The zero-order valence-electron chi connectivity index (χ0n) is 13.6. The number of esters is 1. The first kappa shape index (κ1) is 14.4. The van der Waals surface area contributed by atoms with E-state index in [1.807, 2.05) is 30.3 Å². The van der Waals surface area contributed by atoms with Crippen molar-refractivity contribution in [1.29, 1.82) is 0 Å². The minimum atomic E-state index is -1.40.